The SMILES string of the molecule is C[C@@H](O)[C@H](CO)c1ccccc1. The van der Waals surface area contributed by atoms with Gasteiger partial charge in [-0.25, -0.2) is 0 Å². The normalized spacial score (nSPS) is 15.6. The largest absolute Gasteiger partial charge is 0.396 e. The molecule has 2 atom stereocenters. The van der Waals surface area contributed by atoms with Crippen molar-refractivity contribution >= 4 is 0 Å². The van der Waals surface area contributed by atoms with E-state index in [1.807, 2.05) is 30.3 Å². The van der Waals surface area contributed by atoms with Crippen molar-refractivity contribution in [2.75, 3.05) is 6.61 Å². The van der Waals surface area contributed by atoms with Crippen LogP contribution in [0, 0.1) is 0 Å². The van der Waals surface area contributed by atoms with Crippen molar-refractivity contribution in [3.05, 3.63) is 35.9 Å². The topological polar surface area (TPSA) is 40.5 Å². The second-order valence-electron chi connectivity index (χ2n) is 2.94. The first-order valence-corrected chi connectivity index (χ1v) is 4.09. The molecule has 2 N–H and O–H groups in total. The van der Waals surface area contributed by atoms with E-state index in [0.29, 0.717) is 0 Å². The third-order valence-electron chi connectivity index (χ3n) is 2.01. The van der Waals surface area contributed by atoms with E-state index in [0.717, 1.165) is 5.56 Å². The van der Waals surface area contributed by atoms with E-state index < -0.39 is 6.10 Å². The minimum Gasteiger partial charge on any atom is -0.396 e. The molecular weight excluding hydrogens is 152 g/mol. The molecular formula is C10H14O2. The highest BCUT2D eigenvalue weighted by Gasteiger charge is 2.14. The molecule has 66 valence electrons. The molecule has 0 aliphatic rings. The van der Waals surface area contributed by atoms with Crippen LogP contribution in [0.2, 0.25) is 0 Å². The van der Waals surface area contributed by atoms with Crippen LogP contribution >= 0.6 is 0 Å². The standard InChI is InChI=1S/C10H14O2/c1-8(12)10(7-11)9-5-3-2-4-6-9/h2-6,8,10-12H,7H2,1H3/t8-,10+/m1/s1. The maximum Gasteiger partial charge on any atom is 0.0602 e. The summed E-state index contributed by atoms with van der Waals surface area (Å²) >= 11 is 0. The summed E-state index contributed by atoms with van der Waals surface area (Å²) < 4.78 is 0. The molecule has 0 radical (unpaired) electrons. The number of hydrogen-bond acceptors (Lipinski definition) is 2. The van der Waals surface area contributed by atoms with Crippen LogP contribution in [-0.4, -0.2) is 22.9 Å². The molecule has 0 spiro atoms. The number of hydrogen-bond donors (Lipinski definition) is 2. The molecule has 0 heterocycles. The van der Waals surface area contributed by atoms with E-state index in [1.165, 1.54) is 0 Å². The molecule has 1 rings (SSSR count). The van der Waals surface area contributed by atoms with Gasteiger partial charge in [-0.3, -0.25) is 0 Å². The highest BCUT2D eigenvalue weighted by Crippen LogP contribution is 2.18. The predicted octanol–water partition coefficient (Wildman–Crippen LogP) is 1.14. The van der Waals surface area contributed by atoms with Gasteiger partial charge in [0.1, 0.15) is 0 Å². The van der Waals surface area contributed by atoms with Gasteiger partial charge in [-0.05, 0) is 12.5 Å². The molecule has 2 nitrogen and oxygen atoms in total. The van der Waals surface area contributed by atoms with E-state index in [2.05, 4.69) is 0 Å². The molecule has 12 heavy (non-hydrogen) atoms. The van der Waals surface area contributed by atoms with E-state index in [-0.39, 0.29) is 12.5 Å². The Labute approximate surface area is 72.5 Å². The predicted molar refractivity (Wildman–Crippen MR) is 47.9 cm³/mol. The quantitative estimate of drug-likeness (QED) is 0.707. The number of rotatable bonds is 3. The minimum absolute atomic E-state index is 0.0122. The van der Waals surface area contributed by atoms with E-state index >= 15 is 0 Å². The molecule has 0 aliphatic heterocycles. The van der Waals surface area contributed by atoms with E-state index in [4.69, 9.17) is 5.11 Å². The van der Waals surface area contributed by atoms with Gasteiger partial charge in [-0.1, -0.05) is 30.3 Å². The Morgan fingerprint density at radius 2 is 1.83 bits per heavy atom. The van der Waals surface area contributed by atoms with Crippen LogP contribution in [0.3, 0.4) is 0 Å². The Balaban J connectivity index is 2.80. The van der Waals surface area contributed by atoms with E-state index in [9.17, 15) is 5.11 Å². The molecule has 0 fully saturated rings. The summed E-state index contributed by atoms with van der Waals surface area (Å²) in [5, 5.41) is 18.3. The average Bonchev–Trinajstić information content (AvgIpc) is 2.07. The van der Waals surface area contributed by atoms with Gasteiger partial charge in [-0.2, -0.15) is 0 Å². The van der Waals surface area contributed by atoms with Crippen LogP contribution in [0.5, 0.6) is 0 Å². The van der Waals surface area contributed by atoms with Gasteiger partial charge >= 0.3 is 0 Å². The molecule has 0 aliphatic carbocycles. The van der Waals surface area contributed by atoms with Gasteiger partial charge in [0.2, 0.25) is 0 Å². The summed E-state index contributed by atoms with van der Waals surface area (Å²) in [5.41, 5.74) is 0.981. The fourth-order valence-corrected chi connectivity index (χ4v) is 1.24. The Kier molecular flexibility index (Phi) is 3.26. The van der Waals surface area contributed by atoms with Crippen LogP contribution in [0.1, 0.15) is 18.4 Å². The van der Waals surface area contributed by atoms with Crippen LogP contribution in [0.4, 0.5) is 0 Å². The van der Waals surface area contributed by atoms with Gasteiger partial charge in [0.25, 0.3) is 0 Å². The Bertz CT molecular complexity index is 219. The first-order valence-electron chi connectivity index (χ1n) is 4.09. The van der Waals surface area contributed by atoms with Crippen molar-refractivity contribution in [1.82, 2.24) is 0 Å². The fourth-order valence-electron chi connectivity index (χ4n) is 1.24. The molecule has 2 heteroatoms. The van der Waals surface area contributed by atoms with Crippen LogP contribution in [0.25, 0.3) is 0 Å². The van der Waals surface area contributed by atoms with Gasteiger partial charge in [0.05, 0.1) is 12.7 Å². The molecule has 0 amide bonds. The number of benzene rings is 1. The summed E-state index contributed by atoms with van der Waals surface area (Å²) in [6, 6.07) is 9.54. The monoisotopic (exact) mass is 166 g/mol. The summed E-state index contributed by atoms with van der Waals surface area (Å²) in [5.74, 6) is -0.161. The fraction of sp³-hybridized carbons (Fsp3) is 0.400. The lowest BCUT2D eigenvalue weighted by molar-refractivity contribution is 0.121. The summed E-state index contributed by atoms with van der Waals surface area (Å²) in [7, 11) is 0. The van der Waals surface area contributed by atoms with Gasteiger partial charge < -0.3 is 10.2 Å². The van der Waals surface area contributed by atoms with Gasteiger partial charge in [0.15, 0.2) is 0 Å². The van der Waals surface area contributed by atoms with Crippen LogP contribution < -0.4 is 0 Å². The lowest BCUT2D eigenvalue weighted by Crippen LogP contribution is -2.18. The zero-order valence-corrected chi connectivity index (χ0v) is 7.14. The lowest BCUT2D eigenvalue weighted by atomic mass is 9.95. The van der Waals surface area contributed by atoms with Crippen molar-refractivity contribution in [2.24, 2.45) is 0 Å². The van der Waals surface area contributed by atoms with Crippen molar-refractivity contribution in [1.29, 1.82) is 0 Å². The molecule has 0 bridgehead atoms. The van der Waals surface area contributed by atoms with Crippen LogP contribution in [0.15, 0.2) is 30.3 Å². The zero-order chi connectivity index (χ0) is 8.97. The highest BCUT2D eigenvalue weighted by molar-refractivity contribution is 5.20. The first kappa shape index (κ1) is 9.23. The van der Waals surface area contributed by atoms with Crippen molar-refractivity contribution in [3.8, 4) is 0 Å². The molecule has 1 aromatic carbocycles. The number of aliphatic hydroxyl groups is 2. The smallest absolute Gasteiger partial charge is 0.0602 e. The molecule has 1 aromatic rings. The Hall–Kier alpha value is -0.860. The van der Waals surface area contributed by atoms with E-state index in [1.54, 1.807) is 6.92 Å². The third-order valence-corrected chi connectivity index (χ3v) is 2.01. The summed E-state index contributed by atoms with van der Waals surface area (Å²) in [4.78, 5) is 0. The highest BCUT2D eigenvalue weighted by atomic mass is 16.3. The van der Waals surface area contributed by atoms with Crippen molar-refractivity contribution < 1.29 is 10.2 Å². The maximum atomic E-state index is 9.31. The van der Waals surface area contributed by atoms with Crippen molar-refractivity contribution in [3.63, 3.8) is 0 Å². The maximum absolute atomic E-state index is 9.31. The Morgan fingerprint density at radius 3 is 2.25 bits per heavy atom. The first-order chi connectivity index (χ1) is 5.75. The second-order valence-corrected chi connectivity index (χ2v) is 2.94. The minimum atomic E-state index is -0.502. The molecule has 0 unspecified atom stereocenters. The molecule has 0 saturated carbocycles. The summed E-state index contributed by atoms with van der Waals surface area (Å²) in [6.45, 7) is 1.68. The van der Waals surface area contributed by atoms with Crippen molar-refractivity contribution in [2.45, 2.75) is 18.9 Å². The summed E-state index contributed by atoms with van der Waals surface area (Å²) in [6.07, 6.45) is -0.502. The lowest BCUT2D eigenvalue weighted by Gasteiger charge is -2.17. The second kappa shape index (κ2) is 4.24. The van der Waals surface area contributed by atoms with Gasteiger partial charge in [0, 0.05) is 5.92 Å². The molecule has 0 saturated heterocycles. The number of aliphatic hydroxyl groups excluding tert-OH is 2. The Morgan fingerprint density at radius 1 is 1.25 bits per heavy atom. The third kappa shape index (κ3) is 2.06. The van der Waals surface area contributed by atoms with Gasteiger partial charge in [-0.15, -0.1) is 0 Å². The zero-order valence-electron chi connectivity index (χ0n) is 7.14. The molecule has 0 aromatic heterocycles. The average molecular weight is 166 g/mol. The van der Waals surface area contributed by atoms with Crippen LogP contribution in [-0.2, 0) is 0 Å².